The van der Waals surface area contributed by atoms with Gasteiger partial charge in [-0.15, -0.1) is 0 Å². The lowest BCUT2D eigenvalue weighted by Crippen LogP contribution is -2.14. The van der Waals surface area contributed by atoms with Crippen molar-refractivity contribution in [1.82, 2.24) is 4.90 Å². The van der Waals surface area contributed by atoms with Gasteiger partial charge in [0.1, 0.15) is 17.2 Å². The Balaban J connectivity index is 1.84. The standard InChI is InChI=1S/C17H16ClNO5S/c1-19-8-14-12-6-10(18)2-4-16(12)23-17-5-3-11(24-25(20,21)22)7-13(17)15(14)9-19/h2-7,14-15H,8-9H2,1H3,(H,20,21,22). The van der Waals surface area contributed by atoms with Gasteiger partial charge in [0.2, 0.25) is 0 Å². The monoisotopic (exact) mass is 381 g/mol. The highest BCUT2D eigenvalue weighted by Crippen LogP contribution is 2.50. The lowest BCUT2D eigenvalue weighted by atomic mass is 9.84. The summed E-state index contributed by atoms with van der Waals surface area (Å²) in [7, 11) is -2.53. The third kappa shape index (κ3) is 3.20. The van der Waals surface area contributed by atoms with E-state index in [1.807, 2.05) is 19.2 Å². The summed E-state index contributed by atoms with van der Waals surface area (Å²) in [5.74, 6) is 1.72. The Morgan fingerprint density at radius 3 is 2.36 bits per heavy atom. The second-order valence-electron chi connectivity index (χ2n) is 6.43. The first kappa shape index (κ1) is 16.7. The molecule has 2 unspecified atom stereocenters. The zero-order valence-electron chi connectivity index (χ0n) is 13.3. The zero-order valence-corrected chi connectivity index (χ0v) is 14.9. The average Bonchev–Trinajstić information content (AvgIpc) is 2.85. The fourth-order valence-corrected chi connectivity index (χ4v) is 4.26. The molecule has 0 spiro atoms. The molecule has 1 N–H and O–H groups in total. The van der Waals surface area contributed by atoms with E-state index in [9.17, 15) is 8.42 Å². The second-order valence-corrected chi connectivity index (χ2v) is 7.89. The minimum absolute atomic E-state index is 0.0575. The summed E-state index contributed by atoms with van der Waals surface area (Å²) >= 11 is 6.18. The molecule has 25 heavy (non-hydrogen) atoms. The van der Waals surface area contributed by atoms with Crippen LogP contribution in [0.3, 0.4) is 0 Å². The normalized spacial score (nSPS) is 22.4. The molecule has 0 saturated carbocycles. The van der Waals surface area contributed by atoms with Crippen molar-refractivity contribution in [2.24, 2.45) is 0 Å². The Kier molecular flexibility index (Phi) is 3.92. The van der Waals surface area contributed by atoms with Gasteiger partial charge in [-0.05, 0) is 43.4 Å². The number of nitrogens with zero attached hydrogens (tertiary/aromatic N) is 1. The van der Waals surface area contributed by atoms with Crippen LogP contribution in [0.15, 0.2) is 36.4 Å². The number of likely N-dealkylation sites (tertiary alicyclic amines) is 1. The van der Waals surface area contributed by atoms with Crippen molar-refractivity contribution >= 4 is 22.0 Å². The van der Waals surface area contributed by atoms with Crippen molar-refractivity contribution in [3.8, 4) is 17.2 Å². The third-order valence-corrected chi connectivity index (χ3v) is 5.31. The maximum atomic E-state index is 11.0. The van der Waals surface area contributed by atoms with Crippen molar-refractivity contribution < 1.29 is 21.9 Å². The number of hydrogen-bond acceptors (Lipinski definition) is 5. The van der Waals surface area contributed by atoms with Crippen LogP contribution in [0.2, 0.25) is 5.02 Å². The van der Waals surface area contributed by atoms with E-state index in [0.717, 1.165) is 30.0 Å². The summed E-state index contributed by atoms with van der Waals surface area (Å²) in [5.41, 5.74) is 1.89. The first-order chi connectivity index (χ1) is 11.8. The van der Waals surface area contributed by atoms with Gasteiger partial charge in [-0.25, -0.2) is 0 Å². The van der Waals surface area contributed by atoms with Gasteiger partial charge in [0.25, 0.3) is 0 Å². The SMILES string of the molecule is CN1CC2c3cc(Cl)ccc3Oc3ccc(OS(=O)(=O)O)cc3C2C1. The molecule has 1 saturated heterocycles. The first-order valence-electron chi connectivity index (χ1n) is 7.77. The summed E-state index contributed by atoms with van der Waals surface area (Å²) in [6, 6.07) is 10.3. The van der Waals surface area contributed by atoms with Crippen molar-refractivity contribution in [3.05, 3.63) is 52.5 Å². The van der Waals surface area contributed by atoms with Crippen LogP contribution in [-0.4, -0.2) is 38.0 Å². The van der Waals surface area contributed by atoms with Crippen LogP contribution in [-0.2, 0) is 10.4 Å². The zero-order chi connectivity index (χ0) is 17.8. The predicted octanol–water partition coefficient (Wildman–Crippen LogP) is 3.44. The summed E-state index contributed by atoms with van der Waals surface area (Å²) in [6.45, 7) is 1.63. The predicted molar refractivity (Wildman–Crippen MR) is 93.1 cm³/mol. The molecule has 6 nitrogen and oxygen atoms in total. The van der Waals surface area contributed by atoms with Gasteiger partial charge < -0.3 is 13.8 Å². The Bertz CT molecular complexity index is 946. The molecule has 0 bridgehead atoms. The first-order valence-corrected chi connectivity index (χ1v) is 9.51. The summed E-state index contributed by atoms with van der Waals surface area (Å²) < 4.78 is 41.6. The molecule has 1 fully saturated rings. The molecule has 2 aliphatic rings. The van der Waals surface area contributed by atoms with E-state index in [-0.39, 0.29) is 17.6 Å². The Labute approximate surface area is 150 Å². The second kappa shape index (κ2) is 5.88. The van der Waals surface area contributed by atoms with E-state index >= 15 is 0 Å². The van der Waals surface area contributed by atoms with Crippen LogP contribution in [0, 0.1) is 0 Å². The molecule has 0 aliphatic carbocycles. The number of hydrogen-bond donors (Lipinski definition) is 1. The maximum Gasteiger partial charge on any atom is 0.446 e. The van der Waals surface area contributed by atoms with Crippen molar-refractivity contribution in [3.63, 3.8) is 0 Å². The number of halogens is 1. The fraction of sp³-hybridized carbons (Fsp3) is 0.294. The smallest absolute Gasteiger partial charge is 0.446 e. The van der Waals surface area contributed by atoms with Crippen LogP contribution < -0.4 is 8.92 Å². The van der Waals surface area contributed by atoms with Gasteiger partial charge in [-0.1, -0.05) is 11.6 Å². The van der Waals surface area contributed by atoms with E-state index in [0.29, 0.717) is 10.8 Å². The van der Waals surface area contributed by atoms with Crippen LogP contribution >= 0.6 is 11.6 Å². The van der Waals surface area contributed by atoms with E-state index < -0.39 is 10.4 Å². The van der Waals surface area contributed by atoms with Crippen LogP contribution in [0.1, 0.15) is 23.0 Å². The summed E-state index contributed by atoms with van der Waals surface area (Å²) in [6.07, 6.45) is 0. The van der Waals surface area contributed by atoms with E-state index in [4.69, 9.17) is 20.9 Å². The molecule has 2 aromatic rings. The van der Waals surface area contributed by atoms with Gasteiger partial charge in [0.15, 0.2) is 0 Å². The lowest BCUT2D eigenvalue weighted by Gasteiger charge is -2.17. The molecule has 0 amide bonds. The Morgan fingerprint density at radius 1 is 1.12 bits per heavy atom. The maximum absolute atomic E-state index is 11.0. The molecule has 132 valence electrons. The Morgan fingerprint density at radius 2 is 1.72 bits per heavy atom. The molecule has 2 aromatic carbocycles. The molecule has 0 aromatic heterocycles. The number of likely N-dealkylation sites (N-methyl/N-ethyl adjacent to an activating group) is 1. The number of benzene rings is 2. The van der Waals surface area contributed by atoms with Crippen LogP contribution in [0.5, 0.6) is 17.2 Å². The lowest BCUT2D eigenvalue weighted by molar-refractivity contribution is 0.385. The van der Waals surface area contributed by atoms with E-state index in [1.165, 1.54) is 6.07 Å². The number of fused-ring (bicyclic) bond motifs is 5. The number of rotatable bonds is 2. The minimum Gasteiger partial charge on any atom is -0.457 e. The average molecular weight is 382 g/mol. The largest absolute Gasteiger partial charge is 0.457 e. The van der Waals surface area contributed by atoms with Gasteiger partial charge in [-0.2, -0.15) is 8.42 Å². The van der Waals surface area contributed by atoms with Crippen molar-refractivity contribution in [2.45, 2.75) is 11.8 Å². The summed E-state index contributed by atoms with van der Waals surface area (Å²) in [5, 5.41) is 0.650. The molecule has 2 heterocycles. The van der Waals surface area contributed by atoms with Gasteiger partial charge in [0, 0.05) is 41.1 Å². The summed E-state index contributed by atoms with van der Waals surface area (Å²) in [4.78, 5) is 2.21. The van der Waals surface area contributed by atoms with Gasteiger partial charge >= 0.3 is 10.4 Å². The molecule has 0 radical (unpaired) electrons. The quantitative estimate of drug-likeness (QED) is 0.803. The van der Waals surface area contributed by atoms with E-state index in [1.54, 1.807) is 18.2 Å². The molecule has 4 rings (SSSR count). The minimum atomic E-state index is -4.57. The molecule has 2 aliphatic heterocycles. The van der Waals surface area contributed by atoms with Gasteiger partial charge in [-0.3, -0.25) is 4.55 Å². The molecule has 2 atom stereocenters. The topological polar surface area (TPSA) is 76.1 Å². The molecular formula is C17H16ClNO5S. The highest BCUT2D eigenvalue weighted by molar-refractivity contribution is 7.81. The van der Waals surface area contributed by atoms with Crippen molar-refractivity contribution in [2.75, 3.05) is 20.1 Å². The Hall–Kier alpha value is -1.80. The van der Waals surface area contributed by atoms with Gasteiger partial charge in [0.05, 0.1) is 0 Å². The molecule has 8 heteroatoms. The fourth-order valence-electron chi connectivity index (χ4n) is 3.73. The third-order valence-electron chi connectivity index (χ3n) is 4.68. The van der Waals surface area contributed by atoms with Crippen molar-refractivity contribution in [1.29, 1.82) is 0 Å². The molecular weight excluding hydrogens is 366 g/mol. The van der Waals surface area contributed by atoms with Crippen LogP contribution in [0.25, 0.3) is 0 Å². The number of ether oxygens (including phenoxy) is 1. The van der Waals surface area contributed by atoms with E-state index in [2.05, 4.69) is 9.08 Å². The highest BCUT2D eigenvalue weighted by atomic mass is 35.5. The highest BCUT2D eigenvalue weighted by Gasteiger charge is 2.39. The van der Waals surface area contributed by atoms with Crippen LogP contribution in [0.4, 0.5) is 0 Å².